The lowest BCUT2D eigenvalue weighted by atomic mass is 9.99. The molecule has 1 saturated heterocycles. The monoisotopic (exact) mass is 468 g/mol. The van der Waals surface area contributed by atoms with E-state index in [-0.39, 0.29) is 31.2 Å². The molecule has 2 amide bonds. The van der Waals surface area contributed by atoms with Gasteiger partial charge in [0.2, 0.25) is 23.7 Å². The highest BCUT2D eigenvalue weighted by Crippen LogP contribution is 2.27. The summed E-state index contributed by atoms with van der Waals surface area (Å²) in [6.07, 6.45) is 1.12. The fourth-order valence-electron chi connectivity index (χ4n) is 4.14. The standard InChI is InChI=1S/C25H26F2N4O3/c1-15(2)18-8-9-19(29-24(18)27)23(16-6-4-3-5-7-16)30-25(33)20-12-17(26)14-31(20)22(32)13-21-28-10-11-34-21/h3-11,15,17,20,23H,12-14H2,1-2H3,(H,30,33)/t17-,20+,23+/m1/s1. The smallest absolute Gasteiger partial charge is 0.243 e. The van der Waals surface area contributed by atoms with Crippen molar-refractivity contribution < 1.29 is 22.8 Å². The molecule has 9 heteroatoms. The van der Waals surface area contributed by atoms with Gasteiger partial charge in [-0.15, -0.1) is 0 Å². The molecule has 0 aliphatic carbocycles. The highest BCUT2D eigenvalue weighted by molar-refractivity contribution is 5.89. The van der Waals surface area contributed by atoms with E-state index < -0.39 is 36.0 Å². The van der Waals surface area contributed by atoms with Gasteiger partial charge in [0.25, 0.3) is 0 Å². The average molecular weight is 469 g/mol. The molecule has 0 unspecified atom stereocenters. The van der Waals surface area contributed by atoms with Crippen LogP contribution in [0.3, 0.4) is 0 Å². The van der Waals surface area contributed by atoms with Crippen molar-refractivity contribution in [2.45, 2.75) is 50.9 Å². The number of alkyl halides is 1. The van der Waals surface area contributed by atoms with Gasteiger partial charge in [0, 0.05) is 12.0 Å². The van der Waals surface area contributed by atoms with Gasteiger partial charge in [0.05, 0.1) is 24.5 Å². The number of hydrogen-bond donors (Lipinski definition) is 1. The predicted octanol–water partition coefficient (Wildman–Crippen LogP) is 3.72. The van der Waals surface area contributed by atoms with E-state index in [4.69, 9.17) is 4.42 Å². The molecule has 3 heterocycles. The van der Waals surface area contributed by atoms with Crippen LogP contribution in [-0.4, -0.2) is 45.4 Å². The largest absolute Gasteiger partial charge is 0.448 e. The molecule has 3 atom stereocenters. The van der Waals surface area contributed by atoms with Gasteiger partial charge in [0.15, 0.2) is 0 Å². The lowest BCUT2D eigenvalue weighted by molar-refractivity contribution is -0.138. The summed E-state index contributed by atoms with van der Waals surface area (Å²) in [6, 6.07) is 10.6. The molecule has 1 fully saturated rings. The highest BCUT2D eigenvalue weighted by Gasteiger charge is 2.40. The predicted molar refractivity (Wildman–Crippen MR) is 120 cm³/mol. The summed E-state index contributed by atoms with van der Waals surface area (Å²) in [5.74, 6) is -1.45. The first-order valence-corrected chi connectivity index (χ1v) is 11.2. The molecule has 7 nitrogen and oxygen atoms in total. The first kappa shape index (κ1) is 23.5. The minimum absolute atomic E-state index is 0.0467. The normalized spacial score (nSPS) is 18.8. The van der Waals surface area contributed by atoms with E-state index in [1.807, 2.05) is 19.9 Å². The van der Waals surface area contributed by atoms with Crippen molar-refractivity contribution in [2.24, 2.45) is 0 Å². The first-order chi connectivity index (χ1) is 16.3. The Labute approximate surface area is 196 Å². The van der Waals surface area contributed by atoms with Gasteiger partial charge < -0.3 is 14.6 Å². The SMILES string of the molecule is CC(C)c1ccc([C@@H](NC(=O)[C@@H]2C[C@@H](F)CN2C(=O)Cc2ncco2)c2ccccc2)nc1F. The van der Waals surface area contributed by atoms with Crippen LogP contribution in [0.15, 0.2) is 59.3 Å². The minimum atomic E-state index is -1.33. The topological polar surface area (TPSA) is 88.3 Å². The van der Waals surface area contributed by atoms with Crippen molar-refractivity contribution in [3.05, 3.63) is 83.6 Å². The molecule has 1 aromatic carbocycles. The Kier molecular flexibility index (Phi) is 7.00. The number of aromatic nitrogens is 2. The summed E-state index contributed by atoms with van der Waals surface area (Å²) >= 11 is 0. The Morgan fingerprint density at radius 1 is 1.21 bits per heavy atom. The van der Waals surface area contributed by atoms with E-state index in [1.54, 1.807) is 36.4 Å². The van der Waals surface area contributed by atoms with Crippen LogP contribution in [0, 0.1) is 5.95 Å². The number of likely N-dealkylation sites (tertiary alicyclic amines) is 1. The fraction of sp³-hybridized carbons (Fsp3) is 0.360. The zero-order chi connectivity index (χ0) is 24.2. The average Bonchev–Trinajstić information content (AvgIpc) is 3.47. The number of carbonyl (C=O) groups is 2. The molecule has 1 aliphatic heterocycles. The van der Waals surface area contributed by atoms with Crippen molar-refractivity contribution in [1.29, 1.82) is 0 Å². The van der Waals surface area contributed by atoms with Crippen molar-refractivity contribution in [3.8, 4) is 0 Å². The quantitative estimate of drug-likeness (QED) is 0.534. The summed E-state index contributed by atoms with van der Waals surface area (Å²) in [7, 11) is 0. The molecule has 3 aromatic rings. The Morgan fingerprint density at radius 3 is 2.62 bits per heavy atom. The number of nitrogens with one attached hydrogen (secondary N) is 1. The van der Waals surface area contributed by atoms with Crippen LogP contribution in [0.5, 0.6) is 0 Å². The molecule has 0 saturated carbocycles. The number of hydrogen-bond acceptors (Lipinski definition) is 5. The Morgan fingerprint density at radius 2 is 1.97 bits per heavy atom. The third-order valence-electron chi connectivity index (χ3n) is 5.90. The number of amides is 2. The summed E-state index contributed by atoms with van der Waals surface area (Å²) < 4.78 is 34.1. The van der Waals surface area contributed by atoms with Crippen molar-refractivity contribution in [2.75, 3.05) is 6.54 Å². The molecular formula is C25H26F2N4O3. The van der Waals surface area contributed by atoms with Crippen LogP contribution in [0.1, 0.15) is 54.9 Å². The highest BCUT2D eigenvalue weighted by atomic mass is 19.1. The van der Waals surface area contributed by atoms with Crippen molar-refractivity contribution >= 4 is 11.8 Å². The maximum absolute atomic E-state index is 14.7. The van der Waals surface area contributed by atoms with E-state index in [9.17, 15) is 18.4 Å². The number of halogens is 2. The molecule has 0 radical (unpaired) electrons. The Bertz CT molecular complexity index is 1140. The molecule has 178 valence electrons. The molecule has 4 rings (SSSR count). The Hall–Kier alpha value is -3.62. The van der Waals surface area contributed by atoms with Gasteiger partial charge in [-0.05, 0) is 17.5 Å². The number of nitrogens with zero attached hydrogens (tertiary/aromatic N) is 3. The lowest BCUT2D eigenvalue weighted by Crippen LogP contribution is -2.47. The summed E-state index contributed by atoms with van der Waals surface area (Å²) in [4.78, 5) is 35.3. The van der Waals surface area contributed by atoms with E-state index >= 15 is 0 Å². The van der Waals surface area contributed by atoms with E-state index in [2.05, 4.69) is 15.3 Å². The molecule has 1 N–H and O–H groups in total. The van der Waals surface area contributed by atoms with E-state index in [0.29, 0.717) is 16.8 Å². The van der Waals surface area contributed by atoms with Crippen LogP contribution < -0.4 is 5.32 Å². The number of oxazole rings is 1. The third-order valence-corrected chi connectivity index (χ3v) is 5.90. The van der Waals surface area contributed by atoms with Crippen LogP contribution in [0.25, 0.3) is 0 Å². The number of carbonyl (C=O) groups excluding carboxylic acids is 2. The zero-order valence-corrected chi connectivity index (χ0v) is 18.9. The van der Waals surface area contributed by atoms with E-state index in [0.717, 1.165) is 0 Å². The lowest BCUT2D eigenvalue weighted by Gasteiger charge is -2.26. The van der Waals surface area contributed by atoms with Crippen molar-refractivity contribution in [3.63, 3.8) is 0 Å². The van der Waals surface area contributed by atoms with Crippen LogP contribution in [0.4, 0.5) is 8.78 Å². The maximum atomic E-state index is 14.7. The van der Waals surface area contributed by atoms with Crippen LogP contribution in [-0.2, 0) is 16.0 Å². The zero-order valence-electron chi connectivity index (χ0n) is 18.9. The van der Waals surface area contributed by atoms with Gasteiger partial charge in [-0.25, -0.2) is 14.4 Å². The maximum Gasteiger partial charge on any atom is 0.243 e. The number of benzene rings is 1. The van der Waals surface area contributed by atoms with Gasteiger partial charge >= 0.3 is 0 Å². The van der Waals surface area contributed by atoms with Gasteiger partial charge in [0.1, 0.15) is 24.9 Å². The fourth-order valence-corrected chi connectivity index (χ4v) is 4.14. The molecule has 2 aromatic heterocycles. The van der Waals surface area contributed by atoms with Gasteiger partial charge in [-0.3, -0.25) is 9.59 Å². The molecule has 0 bridgehead atoms. The second-order valence-corrected chi connectivity index (χ2v) is 8.62. The first-order valence-electron chi connectivity index (χ1n) is 11.2. The van der Waals surface area contributed by atoms with Crippen LogP contribution in [0.2, 0.25) is 0 Å². The summed E-state index contributed by atoms with van der Waals surface area (Å²) in [5, 5.41) is 2.86. The second kappa shape index (κ2) is 10.1. The number of rotatable bonds is 7. The van der Waals surface area contributed by atoms with Crippen molar-refractivity contribution in [1.82, 2.24) is 20.2 Å². The molecule has 0 spiro atoms. The second-order valence-electron chi connectivity index (χ2n) is 8.62. The minimum Gasteiger partial charge on any atom is -0.448 e. The van der Waals surface area contributed by atoms with Crippen LogP contribution >= 0.6 is 0 Å². The van der Waals surface area contributed by atoms with E-state index in [1.165, 1.54) is 17.4 Å². The summed E-state index contributed by atoms with van der Waals surface area (Å²) in [6.45, 7) is 3.55. The number of pyridine rings is 1. The Balaban J connectivity index is 1.59. The molecule has 1 aliphatic rings. The third kappa shape index (κ3) is 5.13. The molecular weight excluding hydrogens is 442 g/mol. The summed E-state index contributed by atoms with van der Waals surface area (Å²) in [5.41, 5.74) is 1.47. The van der Waals surface area contributed by atoms with Gasteiger partial charge in [-0.2, -0.15) is 4.39 Å². The van der Waals surface area contributed by atoms with Gasteiger partial charge in [-0.1, -0.05) is 50.2 Å². The molecule has 34 heavy (non-hydrogen) atoms.